The van der Waals surface area contributed by atoms with E-state index >= 15 is 0 Å². The average Bonchev–Trinajstić information content (AvgIpc) is 2.55. The van der Waals surface area contributed by atoms with Gasteiger partial charge in [0.05, 0.1) is 18.0 Å². The standard InChI is InChI=1S/C20H26N2O4S/c1-14(2)26-19-10-8-18(9-11-19)22(27(5,24)25)13-20(23)21-17-7-6-15(3)16(4)12-17/h6-12,14H,13H2,1-5H3,(H,21,23). The van der Waals surface area contributed by atoms with E-state index in [1.807, 2.05) is 39.8 Å². The Bertz CT molecular complexity index is 906. The predicted octanol–water partition coefficient (Wildman–Crippen LogP) is 3.50. The number of benzene rings is 2. The van der Waals surface area contributed by atoms with Crippen LogP contribution in [0.1, 0.15) is 25.0 Å². The van der Waals surface area contributed by atoms with Gasteiger partial charge < -0.3 is 10.1 Å². The Hall–Kier alpha value is -2.54. The zero-order valence-corrected chi connectivity index (χ0v) is 17.1. The molecule has 2 aromatic rings. The number of nitrogens with zero attached hydrogens (tertiary/aromatic N) is 1. The number of sulfonamides is 1. The van der Waals surface area contributed by atoms with Crippen molar-refractivity contribution in [2.75, 3.05) is 22.4 Å². The van der Waals surface area contributed by atoms with Crippen LogP contribution in [0.15, 0.2) is 42.5 Å². The van der Waals surface area contributed by atoms with Crippen molar-refractivity contribution in [1.29, 1.82) is 0 Å². The van der Waals surface area contributed by atoms with Gasteiger partial charge >= 0.3 is 0 Å². The summed E-state index contributed by atoms with van der Waals surface area (Å²) in [5, 5.41) is 2.75. The Morgan fingerprint density at radius 3 is 2.22 bits per heavy atom. The van der Waals surface area contributed by atoms with Crippen LogP contribution >= 0.6 is 0 Å². The van der Waals surface area contributed by atoms with E-state index in [1.54, 1.807) is 30.3 Å². The highest BCUT2D eigenvalue weighted by atomic mass is 32.2. The topological polar surface area (TPSA) is 75.7 Å². The second-order valence-electron chi connectivity index (χ2n) is 6.78. The molecule has 0 saturated carbocycles. The van der Waals surface area contributed by atoms with E-state index in [4.69, 9.17) is 4.74 Å². The average molecular weight is 391 g/mol. The van der Waals surface area contributed by atoms with Gasteiger partial charge in [-0.2, -0.15) is 0 Å². The third-order valence-corrected chi connectivity index (χ3v) is 5.12. The summed E-state index contributed by atoms with van der Waals surface area (Å²) >= 11 is 0. The van der Waals surface area contributed by atoms with E-state index < -0.39 is 15.9 Å². The third kappa shape index (κ3) is 5.99. The van der Waals surface area contributed by atoms with Gasteiger partial charge in [0.15, 0.2) is 0 Å². The smallest absolute Gasteiger partial charge is 0.245 e. The molecular weight excluding hydrogens is 364 g/mol. The minimum absolute atomic E-state index is 0.0191. The lowest BCUT2D eigenvalue weighted by atomic mass is 10.1. The highest BCUT2D eigenvalue weighted by Gasteiger charge is 2.21. The lowest BCUT2D eigenvalue weighted by Gasteiger charge is -2.22. The number of hydrogen-bond acceptors (Lipinski definition) is 4. The monoisotopic (exact) mass is 390 g/mol. The summed E-state index contributed by atoms with van der Waals surface area (Å²) in [6, 6.07) is 12.2. The molecule has 0 fully saturated rings. The molecule has 0 aliphatic heterocycles. The van der Waals surface area contributed by atoms with Gasteiger partial charge in [-0.05, 0) is 75.2 Å². The minimum atomic E-state index is -3.62. The van der Waals surface area contributed by atoms with E-state index in [0.29, 0.717) is 17.1 Å². The highest BCUT2D eigenvalue weighted by molar-refractivity contribution is 7.92. The van der Waals surface area contributed by atoms with Crippen LogP contribution in [0.4, 0.5) is 11.4 Å². The SMILES string of the molecule is Cc1ccc(NC(=O)CN(c2ccc(OC(C)C)cc2)S(C)(=O)=O)cc1C. The summed E-state index contributed by atoms with van der Waals surface area (Å²) in [5.74, 6) is 0.230. The second-order valence-corrected chi connectivity index (χ2v) is 8.68. The minimum Gasteiger partial charge on any atom is -0.491 e. The maximum atomic E-state index is 12.4. The van der Waals surface area contributed by atoms with Crippen LogP contribution < -0.4 is 14.4 Å². The maximum Gasteiger partial charge on any atom is 0.245 e. The van der Waals surface area contributed by atoms with Crippen molar-refractivity contribution in [1.82, 2.24) is 0 Å². The van der Waals surface area contributed by atoms with Crippen LogP contribution in [0.3, 0.4) is 0 Å². The number of aryl methyl sites for hydroxylation is 2. The maximum absolute atomic E-state index is 12.4. The van der Waals surface area contributed by atoms with Crippen LogP contribution in [0.5, 0.6) is 5.75 Å². The van der Waals surface area contributed by atoms with Gasteiger partial charge in [-0.1, -0.05) is 6.07 Å². The van der Waals surface area contributed by atoms with Crippen LogP contribution in [0.25, 0.3) is 0 Å². The number of ether oxygens (including phenoxy) is 1. The van der Waals surface area contributed by atoms with Crippen molar-refractivity contribution in [2.24, 2.45) is 0 Å². The fraction of sp³-hybridized carbons (Fsp3) is 0.350. The first kappa shape index (κ1) is 20.8. The van der Waals surface area contributed by atoms with E-state index in [1.165, 1.54) is 0 Å². The summed E-state index contributed by atoms with van der Waals surface area (Å²) in [6.45, 7) is 7.45. The summed E-state index contributed by atoms with van der Waals surface area (Å²) in [7, 11) is -3.62. The van der Waals surface area contributed by atoms with Gasteiger partial charge in [0.1, 0.15) is 12.3 Å². The molecule has 0 aliphatic rings. The van der Waals surface area contributed by atoms with Crippen LogP contribution in [0, 0.1) is 13.8 Å². The fourth-order valence-electron chi connectivity index (χ4n) is 2.51. The number of anilines is 2. The number of hydrogen-bond donors (Lipinski definition) is 1. The second kappa shape index (κ2) is 8.43. The number of nitrogens with one attached hydrogen (secondary N) is 1. The van der Waals surface area contributed by atoms with Crippen molar-refractivity contribution in [3.63, 3.8) is 0 Å². The van der Waals surface area contributed by atoms with Crippen LogP contribution in [-0.2, 0) is 14.8 Å². The van der Waals surface area contributed by atoms with Crippen molar-refractivity contribution in [2.45, 2.75) is 33.8 Å². The van der Waals surface area contributed by atoms with Gasteiger partial charge in [0, 0.05) is 5.69 Å². The normalized spacial score (nSPS) is 11.3. The van der Waals surface area contributed by atoms with E-state index in [0.717, 1.165) is 21.7 Å². The van der Waals surface area contributed by atoms with Crippen molar-refractivity contribution < 1.29 is 17.9 Å². The molecule has 0 saturated heterocycles. The molecule has 6 nitrogen and oxygen atoms in total. The summed E-state index contributed by atoms with van der Waals surface area (Å²) < 4.78 is 31.0. The molecule has 2 rings (SSSR count). The van der Waals surface area contributed by atoms with Gasteiger partial charge in [0.25, 0.3) is 0 Å². The Morgan fingerprint density at radius 2 is 1.70 bits per heavy atom. The summed E-state index contributed by atoms with van der Waals surface area (Å²) in [5.41, 5.74) is 3.21. The number of carbonyl (C=O) groups is 1. The molecule has 0 atom stereocenters. The van der Waals surface area contributed by atoms with Crippen molar-refractivity contribution in [3.05, 3.63) is 53.6 Å². The van der Waals surface area contributed by atoms with Crippen LogP contribution in [-0.4, -0.2) is 33.2 Å². The summed E-state index contributed by atoms with van der Waals surface area (Å²) in [4.78, 5) is 12.4. The van der Waals surface area contributed by atoms with Gasteiger partial charge in [-0.3, -0.25) is 9.10 Å². The predicted molar refractivity (Wildman–Crippen MR) is 109 cm³/mol. The first-order valence-electron chi connectivity index (χ1n) is 8.68. The Labute approximate surface area is 161 Å². The third-order valence-electron chi connectivity index (χ3n) is 3.97. The number of amides is 1. The number of rotatable bonds is 7. The Balaban J connectivity index is 2.16. The van der Waals surface area contributed by atoms with Gasteiger partial charge in [-0.15, -0.1) is 0 Å². The lowest BCUT2D eigenvalue weighted by molar-refractivity contribution is -0.114. The first-order chi connectivity index (χ1) is 12.6. The van der Waals surface area contributed by atoms with Crippen molar-refractivity contribution in [3.8, 4) is 5.75 Å². The number of carbonyl (C=O) groups excluding carboxylic acids is 1. The largest absolute Gasteiger partial charge is 0.491 e. The molecule has 27 heavy (non-hydrogen) atoms. The van der Waals surface area contributed by atoms with Crippen molar-refractivity contribution >= 4 is 27.3 Å². The molecule has 146 valence electrons. The van der Waals surface area contributed by atoms with E-state index in [2.05, 4.69) is 5.32 Å². The van der Waals surface area contributed by atoms with Gasteiger partial charge in [-0.25, -0.2) is 8.42 Å². The lowest BCUT2D eigenvalue weighted by Crippen LogP contribution is -2.37. The quantitative estimate of drug-likeness (QED) is 0.785. The van der Waals surface area contributed by atoms with Crippen LogP contribution in [0.2, 0.25) is 0 Å². The fourth-order valence-corrected chi connectivity index (χ4v) is 3.37. The summed E-state index contributed by atoms with van der Waals surface area (Å²) in [6.07, 6.45) is 1.10. The molecule has 0 aliphatic carbocycles. The molecule has 1 N–H and O–H groups in total. The molecule has 0 aromatic heterocycles. The molecule has 7 heteroatoms. The molecule has 0 unspecified atom stereocenters. The molecule has 1 amide bonds. The zero-order chi connectivity index (χ0) is 20.2. The molecule has 2 aromatic carbocycles. The molecule has 0 heterocycles. The van der Waals surface area contributed by atoms with Gasteiger partial charge in [0.2, 0.25) is 15.9 Å². The Morgan fingerprint density at radius 1 is 1.07 bits per heavy atom. The van der Waals surface area contributed by atoms with E-state index in [9.17, 15) is 13.2 Å². The first-order valence-corrected chi connectivity index (χ1v) is 10.5. The molecule has 0 radical (unpaired) electrons. The zero-order valence-electron chi connectivity index (χ0n) is 16.3. The Kier molecular flexibility index (Phi) is 6.49. The molecule has 0 bridgehead atoms. The molecule has 0 spiro atoms. The van der Waals surface area contributed by atoms with E-state index in [-0.39, 0.29) is 12.6 Å². The highest BCUT2D eigenvalue weighted by Crippen LogP contribution is 2.22. The molecular formula is C20H26N2O4S.